The zero-order valence-corrected chi connectivity index (χ0v) is 17.1. The third-order valence-corrected chi connectivity index (χ3v) is 5.90. The Bertz CT molecular complexity index is 680. The first-order valence-electron chi connectivity index (χ1n) is 8.89. The number of rotatable bonds is 9. The Morgan fingerprint density at radius 1 is 1.33 bits per heavy atom. The number of thioether (sulfide) groups is 1. The molecule has 1 N–H and O–H groups in total. The van der Waals surface area contributed by atoms with Crippen molar-refractivity contribution >= 4 is 46.1 Å². The average molecular weight is 409 g/mol. The van der Waals surface area contributed by atoms with Gasteiger partial charge in [0.25, 0.3) is 5.91 Å². The topological polar surface area (TPSA) is 75.7 Å². The van der Waals surface area contributed by atoms with Crippen LogP contribution in [0.3, 0.4) is 0 Å². The Hall–Kier alpha value is -1.93. The van der Waals surface area contributed by atoms with E-state index in [0.717, 1.165) is 12.0 Å². The van der Waals surface area contributed by atoms with Gasteiger partial charge in [-0.1, -0.05) is 74.6 Å². The summed E-state index contributed by atoms with van der Waals surface area (Å²) in [6, 6.07) is 9.45. The minimum Gasteiger partial charge on any atom is -0.455 e. The van der Waals surface area contributed by atoms with Crippen molar-refractivity contribution in [3.63, 3.8) is 0 Å². The number of carbonyl (C=O) groups is 3. The fourth-order valence-electron chi connectivity index (χ4n) is 2.77. The zero-order chi connectivity index (χ0) is 19.8. The quantitative estimate of drug-likeness (QED) is 0.499. The fraction of sp³-hybridized carbons (Fsp3) is 0.474. The van der Waals surface area contributed by atoms with Crippen LogP contribution in [0.1, 0.15) is 31.7 Å². The van der Waals surface area contributed by atoms with Gasteiger partial charge in [-0.25, -0.2) is 0 Å². The van der Waals surface area contributed by atoms with Crippen LogP contribution in [0.5, 0.6) is 0 Å². The lowest BCUT2D eigenvalue weighted by molar-refractivity contribution is -0.151. The van der Waals surface area contributed by atoms with Gasteiger partial charge in [0.1, 0.15) is 4.32 Å². The first kappa shape index (κ1) is 21.4. The van der Waals surface area contributed by atoms with Gasteiger partial charge in [0, 0.05) is 13.1 Å². The van der Waals surface area contributed by atoms with Crippen LogP contribution in [0.25, 0.3) is 0 Å². The van der Waals surface area contributed by atoms with Crippen LogP contribution in [0.15, 0.2) is 30.3 Å². The van der Waals surface area contributed by atoms with Gasteiger partial charge in [0.15, 0.2) is 6.61 Å². The Labute approximate surface area is 169 Å². The first-order chi connectivity index (χ1) is 12.9. The molecular formula is C19H24N2O4S2. The number of amides is 2. The second-order valence-electron chi connectivity index (χ2n) is 6.33. The molecule has 146 valence electrons. The Morgan fingerprint density at radius 2 is 2.04 bits per heavy atom. The predicted molar refractivity (Wildman–Crippen MR) is 109 cm³/mol. The molecule has 2 amide bonds. The Balaban J connectivity index is 1.81. The standard InChI is InChI=1S/C19H24N2O4S2/c1-3-13(2)17(14-7-5-4-6-8-14)18(24)25-11-15(22)20-9-10-21-16(23)12-27-19(21)26/h4-8,13,17H,3,9-12H2,1-2H3,(H,20,22)/t13-,17-/m0/s1. The predicted octanol–water partition coefficient (Wildman–Crippen LogP) is 2.34. The molecule has 0 bridgehead atoms. The fourth-order valence-corrected chi connectivity index (χ4v) is 3.90. The number of ether oxygens (including phenoxy) is 1. The summed E-state index contributed by atoms with van der Waals surface area (Å²) < 4.78 is 5.77. The molecule has 2 rings (SSSR count). The molecule has 0 aromatic heterocycles. The van der Waals surface area contributed by atoms with E-state index in [2.05, 4.69) is 5.32 Å². The number of carbonyl (C=O) groups excluding carboxylic acids is 3. The Morgan fingerprint density at radius 3 is 2.63 bits per heavy atom. The molecular weight excluding hydrogens is 384 g/mol. The van der Waals surface area contributed by atoms with Gasteiger partial charge in [-0.3, -0.25) is 19.3 Å². The van der Waals surface area contributed by atoms with Crippen molar-refractivity contribution in [2.45, 2.75) is 26.2 Å². The van der Waals surface area contributed by atoms with Crippen molar-refractivity contribution in [3.05, 3.63) is 35.9 Å². The molecule has 0 radical (unpaired) electrons. The summed E-state index contributed by atoms with van der Waals surface area (Å²) in [7, 11) is 0. The van der Waals surface area contributed by atoms with E-state index in [0.29, 0.717) is 16.6 Å². The molecule has 27 heavy (non-hydrogen) atoms. The molecule has 0 unspecified atom stereocenters. The number of hydrogen-bond acceptors (Lipinski definition) is 6. The van der Waals surface area contributed by atoms with Crippen LogP contribution in [-0.4, -0.2) is 52.5 Å². The third kappa shape index (κ3) is 6.04. The summed E-state index contributed by atoms with van der Waals surface area (Å²) in [5.41, 5.74) is 0.885. The lowest BCUT2D eigenvalue weighted by Gasteiger charge is -2.22. The van der Waals surface area contributed by atoms with Crippen molar-refractivity contribution in [2.24, 2.45) is 5.92 Å². The van der Waals surface area contributed by atoms with Crippen LogP contribution in [0.4, 0.5) is 0 Å². The molecule has 1 aliphatic heterocycles. The highest BCUT2D eigenvalue weighted by atomic mass is 32.2. The van der Waals surface area contributed by atoms with Crippen LogP contribution >= 0.6 is 24.0 Å². The van der Waals surface area contributed by atoms with E-state index in [9.17, 15) is 14.4 Å². The van der Waals surface area contributed by atoms with Crippen LogP contribution in [0, 0.1) is 5.92 Å². The van der Waals surface area contributed by atoms with Gasteiger partial charge in [-0.15, -0.1) is 0 Å². The maximum atomic E-state index is 12.5. The average Bonchev–Trinajstić information content (AvgIpc) is 2.99. The molecule has 0 spiro atoms. The van der Waals surface area contributed by atoms with Crippen molar-refractivity contribution in [1.82, 2.24) is 10.2 Å². The van der Waals surface area contributed by atoms with E-state index in [4.69, 9.17) is 17.0 Å². The van der Waals surface area contributed by atoms with E-state index in [-0.39, 0.29) is 25.0 Å². The van der Waals surface area contributed by atoms with Crippen LogP contribution < -0.4 is 5.32 Å². The highest BCUT2D eigenvalue weighted by molar-refractivity contribution is 8.23. The molecule has 1 heterocycles. The minimum atomic E-state index is -0.405. The lowest BCUT2D eigenvalue weighted by Crippen LogP contribution is -2.39. The summed E-state index contributed by atoms with van der Waals surface area (Å²) in [6.45, 7) is 4.25. The molecule has 1 aromatic rings. The molecule has 0 aliphatic carbocycles. The zero-order valence-electron chi connectivity index (χ0n) is 15.5. The van der Waals surface area contributed by atoms with Crippen LogP contribution in [0.2, 0.25) is 0 Å². The normalized spacial score (nSPS) is 16.1. The number of hydrogen-bond donors (Lipinski definition) is 1. The minimum absolute atomic E-state index is 0.0510. The van der Waals surface area contributed by atoms with Gasteiger partial charge in [-0.05, 0) is 11.5 Å². The summed E-state index contributed by atoms with van der Waals surface area (Å²) >= 11 is 6.40. The molecule has 1 fully saturated rings. The maximum Gasteiger partial charge on any atom is 0.314 e. The molecule has 2 atom stereocenters. The SMILES string of the molecule is CC[C@H](C)[C@H](C(=O)OCC(=O)NCCN1C(=O)CSC1=S)c1ccccc1. The van der Waals surface area contributed by atoms with Crippen molar-refractivity contribution in [2.75, 3.05) is 25.4 Å². The number of nitrogens with zero attached hydrogens (tertiary/aromatic N) is 1. The van der Waals surface area contributed by atoms with Gasteiger partial charge in [0.2, 0.25) is 5.91 Å². The molecule has 1 aromatic carbocycles. The molecule has 8 heteroatoms. The van der Waals surface area contributed by atoms with Crippen LogP contribution in [-0.2, 0) is 19.1 Å². The molecule has 0 saturated carbocycles. The summed E-state index contributed by atoms with van der Waals surface area (Å²) in [5, 5.41) is 2.65. The van der Waals surface area contributed by atoms with Crippen molar-refractivity contribution < 1.29 is 19.1 Å². The number of nitrogens with one attached hydrogen (secondary N) is 1. The first-order valence-corrected chi connectivity index (χ1v) is 10.3. The van der Waals surface area contributed by atoms with E-state index in [1.807, 2.05) is 44.2 Å². The van der Waals surface area contributed by atoms with Gasteiger partial charge >= 0.3 is 5.97 Å². The Kier molecular flexibility index (Phi) is 8.24. The van der Waals surface area contributed by atoms with Gasteiger partial charge in [-0.2, -0.15) is 0 Å². The van der Waals surface area contributed by atoms with Gasteiger partial charge in [0.05, 0.1) is 11.7 Å². The largest absolute Gasteiger partial charge is 0.455 e. The van der Waals surface area contributed by atoms with E-state index >= 15 is 0 Å². The third-order valence-electron chi connectivity index (χ3n) is 4.47. The van der Waals surface area contributed by atoms with Gasteiger partial charge < -0.3 is 10.1 Å². The maximum absolute atomic E-state index is 12.5. The second kappa shape index (κ2) is 10.4. The van der Waals surface area contributed by atoms with Crippen molar-refractivity contribution in [3.8, 4) is 0 Å². The molecule has 6 nitrogen and oxygen atoms in total. The highest BCUT2D eigenvalue weighted by Crippen LogP contribution is 2.28. The molecule has 1 saturated heterocycles. The van der Waals surface area contributed by atoms with E-state index in [1.54, 1.807) is 0 Å². The monoisotopic (exact) mass is 408 g/mol. The smallest absolute Gasteiger partial charge is 0.314 e. The van der Waals surface area contributed by atoms with E-state index < -0.39 is 17.8 Å². The number of esters is 1. The van der Waals surface area contributed by atoms with E-state index in [1.165, 1.54) is 16.7 Å². The van der Waals surface area contributed by atoms with Crippen molar-refractivity contribution in [1.29, 1.82) is 0 Å². The highest BCUT2D eigenvalue weighted by Gasteiger charge is 2.28. The summed E-state index contributed by atoms with van der Waals surface area (Å²) in [5.74, 6) is -0.809. The number of thiocarbonyl (C=S) groups is 1. The summed E-state index contributed by atoms with van der Waals surface area (Å²) in [6.07, 6.45) is 0.822. The second-order valence-corrected chi connectivity index (χ2v) is 7.94. The summed E-state index contributed by atoms with van der Waals surface area (Å²) in [4.78, 5) is 37.6. The number of benzene rings is 1. The molecule has 1 aliphatic rings. The lowest BCUT2D eigenvalue weighted by atomic mass is 9.86.